The SMILES string of the molecule is COC(=O)C1CCN(C(=O)c2cnc(OC3CCOCC3)c(Cl)c2)CC1. The number of aromatic nitrogens is 1. The van der Waals surface area contributed by atoms with Crippen molar-refractivity contribution in [2.45, 2.75) is 31.8 Å². The van der Waals surface area contributed by atoms with Crippen molar-refractivity contribution in [3.8, 4) is 5.88 Å². The van der Waals surface area contributed by atoms with Gasteiger partial charge in [-0.25, -0.2) is 4.98 Å². The predicted octanol–water partition coefficient (Wildman–Crippen LogP) is 2.32. The van der Waals surface area contributed by atoms with Gasteiger partial charge in [0.1, 0.15) is 11.1 Å². The first-order chi connectivity index (χ1) is 12.6. The Morgan fingerprint density at radius 2 is 1.92 bits per heavy atom. The van der Waals surface area contributed by atoms with E-state index >= 15 is 0 Å². The summed E-state index contributed by atoms with van der Waals surface area (Å²) in [7, 11) is 1.39. The lowest BCUT2D eigenvalue weighted by molar-refractivity contribution is -0.146. The van der Waals surface area contributed by atoms with Gasteiger partial charge in [0.25, 0.3) is 5.91 Å². The normalized spacial score (nSPS) is 19.2. The van der Waals surface area contributed by atoms with Gasteiger partial charge in [0, 0.05) is 32.1 Å². The van der Waals surface area contributed by atoms with Crippen LogP contribution in [0.15, 0.2) is 12.3 Å². The minimum atomic E-state index is -0.212. The largest absolute Gasteiger partial charge is 0.473 e. The first-order valence-corrected chi connectivity index (χ1v) is 9.23. The molecule has 8 heteroatoms. The van der Waals surface area contributed by atoms with Crippen LogP contribution in [-0.4, -0.2) is 61.3 Å². The van der Waals surface area contributed by atoms with E-state index < -0.39 is 0 Å². The van der Waals surface area contributed by atoms with Crippen LogP contribution in [0.1, 0.15) is 36.0 Å². The number of carbonyl (C=O) groups excluding carboxylic acids is 2. The standard InChI is InChI=1S/C18H23ClN2O5/c1-24-18(23)12-2-6-21(7-3-12)17(22)13-10-15(19)16(20-11-13)26-14-4-8-25-9-5-14/h10-12,14H,2-9H2,1H3. The number of carbonyl (C=O) groups is 2. The molecule has 26 heavy (non-hydrogen) atoms. The number of pyridine rings is 1. The Balaban J connectivity index is 1.60. The third kappa shape index (κ3) is 4.45. The molecular weight excluding hydrogens is 360 g/mol. The highest BCUT2D eigenvalue weighted by molar-refractivity contribution is 6.32. The number of methoxy groups -OCH3 is 1. The van der Waals surface area contributed by atoms with Crippen LogP contribution in [0.25, 0.3) is 0 Å². The molecule has 1 aromatic heterocycles. The Morgan fingerprint density at radius 3 is 2.54 bits per heavy atom. The maximum atomic E-state index is 12.7. The third-order valence-corrected chi connectivity index (χ3v) is 5.09. The fraction of sp³-hybridized carbons (Fsp3) is 0.611. The molecule has 0 saturated carbocycles. The number of rotatable bonds is 4. The average Bonchev–Trinajstić information content (AvgIpc) is 2.69. The van der Waals surface area contributed by atoms with Crippen LogP contribution < -0.4 is 4.74 Å². The summed E-state index contributed by atoms with van der Waals surface area (Å²) in [4.78, 5) is 30.2. The van der Waals surface area contributed by atoms with E-state index in [4.69, 9.17) is 25.8 Å². The van der Waals surface area contributed by atoms with Crippen molar-refractivity contribution in [2.24, 2.45) is 5.92 Å². The number of esters is 1. The molecule has 0 atom stereocenters. The van der Waals surface area contributed by atoms with Crippen molar-refractivity contribution in [3.63, 3.8) is 0 Å². The van der Waals surface area contributed by atoms with Crippen molar-refractivity contribution in [1.29, 1.82) is 0 Å². The second-order valence-electron chi connectivity index (χ2n) is 6.53. The molecular formula is C18H23ClN2O5. The zero-order chi connectivity index (χ0) is 18.5. The maximum absolute atomic E-state index is 12.7. The molecule has 0 aliphatic carbocycles. The molecule has 1 amide bonds. The van der Waals surface area contributed by atoms with E-state index in [1.165, 1.54) is 13.3 Å². The lowest BCUT2D eigenvalue weighted by Crippen LogP contribution is -2.40. The molecule has 0 radical (unpaired) electrons. The number of halogens is 1. The second kappa shape index (κ2) is 8.68. The van der Waals surface area contributed by atoms with Crippen molar-refractivity contribution in [2.75, 3.05) is 33.4 Å². The fourth-order valence-corrected chi connectivity index (χ4v) is 3.46. The smallest absolute Gasteiger partial charge is 0.308 e. The number of ether oxygens (including phenoxy) is 3. The van der Waals surface area contributed by atoms with Crippen molar-refractivity contribution >= 4 is 23.5 Å². The molecule has 7 nitrogen and oxygen atoms in total. The number of amides is 1. The summed E-state index contributed by atoms with van der Waals surface area (Å²) in [5.74, 6) is -0.141. The van der Waals surface area contributed by atoms with Crippen LogP contribution in [0.2, 0.25) is 5.02 Å². The molecule has 2 aliphatic heterocycles. The highest BCUT2D eigenvalue weighted by Crippen LogP contribution is 2.27. The monoisotopic (exact) mass is 382 g/mol. The van der Waals surface area contributed by atoms with E-state index in [0.29, 0.717) is 55.6 Å². The lowest BCUT2D eigenvalue weighted by Gasteiger charge is -2.30. The summed E-state index contributed by atoms with van der Waals surface area (Å²) >= 11 is 6.26. The van der Waals surface area contributed by atoms with Gasteiger partial charge in [-0.2, -0.15) is 0 Å². The lowest BCUT2D eigenvalue weighted by atomic mass is 9.96. The molecule has 0 unspecified atom stereocenters. The van der Waals surface area contributed by atoms with E-state index in [1.807, 2.05) is 0 Å². The zero-order valence-corrected chi connectivity index (χ0v) is 15.5. The summed E-state index contributed by atoms with van der Waals surface area (Å²) in [5, 5.41) is 0.326. The van der Waals surface area contributed by atoms with Crippen LogP contribution in [0.3, 0.4) is 0 Å². The van der Waals surface area contributed by atoms with Crippen molar-refractivity contribution < 1.29 is 23.8 Å². The number of hydrogen-bond donors (Lipinski definition) is 0. The summed E-state index contributed by atoms with van der Waals surface area (Å²) < 4.78 is 15.9. The first-order valence-electron chi connectivity index (χ1n) is 8.85. The molecule has 0 bridgehead atoms. The minimum Gasteiger partial charge on any atom is -0.473 e. The fourth-order valence-electron chi connectivity index (χ4n) is 3.25. The van der Waals surface area contributed by atoms with Crippen LogP contribution >= 0.6 is 11.6 Å². The van der Waals surface area contributed by atoms with Gasteiger partial charge in [-0.05, 0) is 18.9 Å². The number of piperidine rings is 1. The Morgan fingerprint density at radius 1 is 1.23 bits per heavy atom. The van der Waals surface area contributed by atoms with Gasteiger partial charge in [0.15, 0.2) is 0 Å². The van der Waals surface area contributed by atoms with Gasteiger partial charge >= 0.3 is 5.97 Å². The van der Waals surface area contributed by atoms with Gasteiger partial charge in [0.2, 0.25) is 5.88 Å². The number of nitrogens with zero attached hydrogens (tertiary/aromatic N) is 2. The average molecular weight is 383 g/mol. The molecule has 2 saturated heterocycles. The molecule has 0 aromatic carbocycles. The third-order valence-electron chi connectivity index (χ3n) is 4.82. The summed E-state index contributed by atoms with van der Waals surface area (Å²) in [6, 6.07) is 1.60. The van der Waals surface area contributed by atoms with Gasteiger partial charge in [-0.15, -0.1) is 0 Å². The molecule has 1 aromatic rings. The topological polar surface area (TPSA) is 78.0 Å². The van der Waals surface area contributed by atoms with Gasteiger partial charge in [0.05, 0.1) is 31.8 Å². The van der Waals surface area contributed by atoms with Gasteiger partial charge in [-0.1, -0.05) is 11.6 Å². The van der Waals surface area contributed by atoms with Crippen molar-refractivity contribution in [3.05, 3.63) is 22.8 Å². The molecule has 2 aliphatic rings. The molecule has 0 N–H and O–H groups in total. The number of hydrogen-bond acceptors (Lipinski definition) is 6. The molecule has 0 spiro atoms. The first kappa shape index (κ1) is 18.9. The Hall–Kier alpha value is -1.86. The van der Waals surface area contributed by atoms with E-state index in [2.05, 4.69) is 4.98 Å². The van der Waals surface area contributed by atoms with Crippen molar-refractivity contribution in [1.82, 2.24) is 9.88 Å². The molecule has 3 rings (SSSR count). The summed E-state index contributed by atoms with van der Waals surface area (Å²) in [6.45, 7) is 2.36. The highest BCUT2D eigenvalue weighted by atomic mass is 35.5. The summed E-state index contributed by atoms with van der Waals surface area (Å²) in [6.07, 6.45) is 4.33. The Kier molecular flexibility index (Phi) is 6.32. The maximum Gasteiger partial charge on any atom is 0.308 e. The second-order valence-corrected chi connectivity index (χ2v) is 6.94. The van der Waals surface area contributed by atoms with E-state index in [9.17, 15) is 9.59 Å². The minimum absolute atomic E-state index is 0.0349. The van der Waals surface area contributed by atoms with Crippen LogP contribution in [0, 0.1) is 5.92 Å². The molecule has 142 valence electrons. The highest BCUT2D eigenvalue weighted by Gasteiger charge is 2.29. The van der Waals surface area contributed by atoms with Crippen LogP contribution in [-0.2, 0) is 14.3 Å². The van der Waals surface area contributed by atoms with Gasteiger partial charge in [-0.3, -0.25) is 9.59 Å². The van der Waals surface area contributed by atoms with Crippen LogP contribution in [0.5, 0.6) is 5.88 Å². The zero-order valence-electron chi connectivity index (χ0n) is 14.8. The Labute approximate surface area is 157 Å². The van der Waals surface area contributed by atoms with E-state index in [0.717, 1.165) is 12.8 Å². The van der Waals surface area contributed by atoms with E-state index in [1.54, 1.807) is 11.0 Å². The predicted molar refractivity (Wildman–Crippen MR) is 94.4 cm³/mol. The Bertz CT molecular complexity index is 655. The van der Waals surface area contributed by atoms with E-state index in [-0.39, 0.29) is 23.9 Å². The van der Waals surface area contributed by atoms with Crippen LogP contribution in [0.4, 0.5) is 0 Å². The molecule has 2 fully saturated rings. The molecule has 3 heterocycles. The van der Waals surface area contributed by atoms with Gasteiger partial charge < -0.3 is 19.1 Å². The quantitative estimate of drug-likeness (QED) is 0.744. The number of likely N-dealkylation sites (tertiary alicyclic amines) is 1. The summed E-state index contributed by atoms with van der Waals surface area (Å²) in [5.41, 5.74) is 0.422.